The standard InChI is InChI=1S/C9H13NO3/c1-6(9(11)12)5-10-8-4-3-7(2)13-8/h3-4,6,10H,5H2,1-2H3,(H,11,12). The fraction of sp³-hybridized carbons (Fsp3) is 0.444. The molecule has 0 aliphatic rings. The van der Waals surface area contributed by atoms with Crippen LogP contribution in [0.5, 0.6) is 0 Å². The predicted molar refractivity (Wildman–Crippen MR) is 48.7 cm³/mol. The Hall–Kier alpha value is -1.45. The van der Waals surface area contributed by atoms with Gasteiger partial charge in [-0.2, -0.15) is 0 Å². The maximum Gasteiger partial charge on any atom is 0.308 e. The van der Waals surface area contributed by atoms with E-state index in [9.17, 15) is 4.79 Å². The number of hydrogen-bond donors (Lipinski definition) is 2. The third-order valence-corrected chi connectivity index (χ3v) is 1.74. The second kappa shape index (κ2) is 3.98. The van der Waals surface area contributed by atoms with Gasteiger partial charge in [-0.1, -0.05) is 6.92 Å². The zero-order valence-corrected chi connectivity index (χ0v) is 7.70. The Kier molecular flexibility index (Phi) is 2.95. The van der Waals surface area contributed by atoms with Crippen LogP contribution in [-0.4, -0.2) is 17.6 Å². The second-order valence-electron chi connectivity index (χ2n) is 3.03. The summed E-state index contributed by atoms with van der Waals surface area (Å²) in [6.07, 6.45) is 0. The van der Waals surface area contributed by atoms with Crippen molar-refractivity contribution in [3.8, 4) is 0 Å². The molecule has 0 aliphatic heterocycles. The van der Waals surface area contributed by atoms with E-state index in [-0.39, 0.29) is 0 Å². The smallest absolute Gasteiger partial charge is 0.308 e. The summed E-state index contributed by atoms with van der Waals surface area (Å²) in [5.74, 6) is 0.206. The summed E-state index contributed by atoms with van der Waals surface area (Å²) in [5, 5.41) is 11.5. The molecule has 0 spiro atoms. The number of anilines is 1. The lowest BCUT2D eigenvalue weighted by atomic mass is 10.2. The first-order valence-electron chi connectivity index (χ1n) is 4.12. The molecule has 0 saturated heterocycles. The van der Waals surface area contributed by atoms with E-state index in [1.54, 1.807) is 13.0 Å². The van der Waals surface area contributed by atoms with Gasteiger partial charge in [-0.15, -0.1) is 0 Å². The minimum atomic E-state index is -0.809. The fourth-order valence-corrected chi connectivity index (χ4v) is 0.871. The van der Waals surface area contributed by atoms with Crippen LogP contribution < -0.4 is 5.32 Å². The van der Waals surface area contributed by atoms with Crippen LogP contribution in [0, 0.1) is 12.8 Å². The van der Waals surface area contributed by atoms with Gasteiger partial charge in [0.15, 0.2) is 5.88 Å². The molecule has 1 atom stereocenters. The number of aryl methyl sites for hydroxylation is 1. The molecule has 2 N–H and O–H groups in total. The summed E-state index contributed by atoms with van der Waals surface area (Å²) in [5.41, 5.74) is 0. The molecule has 1 aromatic rings. The highest BCUT2D eigenvalue weighted by molar-refractivity contribution is 5.70. The van der Waals surface area contributed by atoms with Gasteiger partial charge in [-0.05, 0) is 13.0 Å². The normalized spacial score (nSPS) is 12.5. The van der Waals surface area contributed by atoms with E-state index in [1.807, 2.05) is 13.0 Å². The first-order chi connectivity index (χ1) is 6.09. The molecule has 1 rings (SSSR count). The molecule has 0 amide bonds. The number of nitrogens with one attached hydrogen (secondary N) is 1. The lowest BCUT2D eigenvalue weighted by Gasteiger charge is -2.06. The molecule has 4 heteroatoms. The Bertz CT molecular complexity index is 293. The van der Waals surface area contributed by atoms with Crippen LogP contribution in [0.2, 0.25) is 0 Å². The van der Waals surface area contributed by atoms with Crippen LogP contribution in [-0.2, 0) is 4.79 Å². The lowest BCUT2D eigenvalue weighted by molar-refractivity contribution is -0.140. The van der Waals surface area contributed by atoms with Crippen molar-refractivity contribution >= 4 is 11.9 Å². The summed E-state index contributed by atoms with van der Waals surface area (Å²) >= 11 is 0. The summed E-state index contributed by atoms with van der Waals surface area (Å²) in [6, 6.07) is 3.61. The number of carboxylic acid groups (broad SMARTS) is 1. The monoisotopic (exact) mass is 183 g/mol. The summed E-state index contributed by atoms with van der Waals surface area (Å²) in [4.78, 5) is 10.5. The van der Waals surface area contributed by atoms with E-state index < -0.39 is 11.9 Å². The van der Waals surface area contributed by atoms with Crippen LogP contribution in [0.3, 0.4) is 0 Å². The molecule has 1 unspecified atom stereocenters. The molecule has 0 radical (unpaired) electrons. The number of aliphatic carboxylic acids is 1. The van der Waals surface area contributed by atoms with Gasteiger partial charge in [-0.3, -0.25) is 4.79 Å². The van der Waals surface area contributed by atoms with Crippen molar-refractivity contribution in [2.45, 2.75) is 13.8 Å². The summed E-state index contributed by atoms with van der Waals surface area (Å²) in [6.45, 7) is 3.86. The van der Waals surface area contributed by atoms with E-state index >= 15 is 0 Å². The van der Waals surface area contributed by atoms with Gasteiger partial charge in [0.25, 0.3) is 0 Å². The van der Waals surface area contributed by atoms with E-state index in [2.05, 4.69) is 5.32 Å². The summed E-state index contributed by atoms with van der Waals surface area (Å²) in [7, 11) is 0. The summed E-state index contributed by atoms with van der Waals surface area (Å²) < 4.78 is 5.21. The largest absolute Gasteiger partial charge is 0.481 e. The molecule has 0 saturated carbocycles. The molecular weight excluding hydrogens is 170 g/mol. The Balaban J connectivity index is 2.39. The molecule has 0 bridgehead atoms. The van der Waals surface area contributed by atoms with E-state index in [1.165, 1.54) is 0 Å². The van der Waals surface area contributed by atoms with Crippen molar-refractivity contribution in [1.82, 2.24) is 0 Å². The highest BCUT2D eigenvalue weighted by atomic mass is 16.4. The number of furan rings is 1. The SMILES string of the molecule is Cc1ccc(NCC(C)C(=O)O)o1. The Morgan fingerprint density at radius 1 is 1.69 bits per heavy atom. The van der Waals surface area contributed by atoms with Gasteiger partial charge in [0.05, 0.1) is 5.92 Å². The maximum atomic E-state index is 10.5. The quantitative estimate of drug-likeness (QED) is 0.746. The van der Waals surface area contributed by atoms with Gasteiger partial charge in [0.2, 0.25) is 0 Å². The van der Waals surface area contributed by atoms with Crippen LogP contribution in [0.1, 0.15) is 12.7 Å². The van der Waals surface area contributed by atoms with Gasteiger partial charge in [-0.25, -0.2) is 0 Å². The van der Waals surface area contributed by atoms with E-state index in [0.29, 0.717) is 12.4 Å². The molecule has 4 nitrogen and oxygen atoms in total. The number of carboxylic acids is 1. The average molecular weight is 183 g/mol. The number of rotatable bonds is 4. The third kappa shape index (κ3) is 2.82. The average Bonchev–Trinajstić information content (AvgIpc) is 2.47. The van der Waals surface area contributed by atoms with E-state index in [4.69, 9.17) is 9.52 Å². The van der Waals surface area contributed by atoms with Crippen molar-refractivity contribution in [3.63, 3.8) is 0 Å². The number of carbonyl (C=O) groups is 1. The van der Waals surface area contributed by atoms with Crippen molar-refractivity contribution in [2.24, 2.45) is 5.92 Å². The molecule has 72 valence electrons. The van der Waals surface area contributed by atoms with Crippen LogP contribution in [0.15, 0.2) is 16.5 Å². The van der Waals surface area contributed by atoms with Gasteiger partial charge in [0.1, 0.15) is 5.76 Å². The topological polar surface area (TPSA) is 62.5 Å². The fourth-order valence-electron chi connectivity index (χ4n) is 0.871. The number of hydrogen-bond acceptors (Lipinski definition) is 3. The van der Waals surface area contributed by atoms with Crippen LogP contribution in [0.4, 0.5) is 5.88 Å². The Morgan fingerprint density at radius 2 is 2.38 bits per heavy atom. The molecule has 1 heterocycles. The molecule has 13 heavy (non-hydrogen) atoms. The predicted octanol–water partition coefficient (Wildman–Crippen LogP) is 1.72. The molecule has 0 fully saturated rings. The molecular formula is C9H13NO3. The first kappa shape index (κ1) is 9.64. The maximum absolute atomic E-state index is 10.5. The van der Waals surface area contributed by atoms with Crippen molar-refractivity contribution < 1.29 is 14.3 Å². The zero-order chi connectivity index (χ0) is 9.84. The zero-order valence-electron chi connectivity index (χ0n) is 7.70. The highest BCUT2D eigenvalue weighted by Gasteiger charge is 2.10. The highest BCUT2D eigenvalue weighted by Crippen LogP contribution is 2.12. The Labute approximate surface area is 76.6 Å². The van der Waals surface area contributed by atoms with E-state index in [0.717, 1.165) is 5.76 Å². The minimum Gasteiger partial charge on any atom is -0.481 e. The van der Waals surface area contributed by atoms with Gasteiger partial charge in [0, 0.05) is 12.6 Å². The molecule has 0 aromatic carbocycles. The van der Waals surface area contributed by atoms with Crippen LogP contribution in [0.25, 0.3) is 0 Å². The van der Waals surface area contributed by atoms with Crippen molar-refractivity contribution in [1.29, 1.82) is 0 Å². The lowest BCUT2D eigenvalue weighted by Crippen LogP contribution is -2.19. The Morgan fingerprint density at radius 3 is 2.85 bits per heavy atom. The van der Waals surface area contributed by atoms with Crippen molar-refractivity contribution in [3.05, 3.63) is 17.9 Å². The second-order valence-corrected chi connectivity index (χ2v) is 3.03. The first-order valence-corrected chi connectivity index (χ1v) is 4.12. The molecule has 0 aliphatic carbocycles. The van der Waals surface area contributed by atoms with Gasteiger partial charge >= 0.3 is 5.97 Å². The minimum absolute atomic E-state index is 0.377. The van der Waals surface area contributed by atoms with Crippen molar-refractivity contribution in [2.75, 3.05) is 11.9 Å². The van der Waals surface area contributed by atoms with Crippen LogP contribution >= 0.6 is 0 Å². The van der Waals surface area contributed by atoms with Gasteiger partial charge < -0.3 is 14.8 Å². The molecule has 1 aromatic heterocycles. The third-order valence-electron chi connectivity index (χ3n) is 1.74.